The van der Waals surface area contributed by atoms with Crippen molar-refractivity contribution in [3.63, 3.8) is 0 Å². The summed E-state index contributed by atoms with van der Waals surface area (Å²) in [6, 6.07) is 0. The third-order valence-corrected chi connectivity index (χ3v) is 0. The molecule has 0 atom stereocenters. The molecule has 0 aromatic rings. The Labute approximate surface area is 80.3 Å². The van der Waals surface area contributed by atoms with E-state index in [1.54, 1.807) is 0 Å². The minimum absolute atomic E-state index is 0. The molecule has 0 saturated heterocycles. The van der Waals surface area contributed by atoms with Crippen LogP contribution in [-0.2, 0) is 40.5 Å². The zero-order chi connectivity index (χ0) is 0. The van der Waals surface area contributed by atoms with E-state index < -0.39 is 0 Å². The van der Waals surface area contributed by atoms with Crippen molar-refractivity contribution >= 4 is 0 Å². The Balaban J connectivity index is 0. The fraction of sp³-hybridized carbons (Fsp3) is 0. The van der Waals surface area contributed by atoms with Gasteiger partial charge in [0.25, 0.3) is 0 Å². The van der Waals surface area contributed by atoms with Gasteiger partial charge in [0.1, 0.15) is 0 Å². The second-order valence-electron chi connectivity index (χ2n) is 0. The molecule has 0 unspecified atom stereocenters. The van der Waals surface area contributed by atoms with Crippen LogP contribution in [0.2, 0.25) is 0 Å². The molecule has 0 N–H and O–H groups in total. The molecule has 1 radical (unpaired) electrons. The van der Waals surface area contributed by atoms with E-state index in [-0.39, 0.29) is 81.3 Å². The van der Waals surface area contributed by atoms with Crippen LogP contribution in [0.3, 0.4) is 0 Å². The van der Waals surface area contributed by atoms with Crippen molar-refractivity contribution in [3.05, 3.63) is 0 Å². The topological polar surface area (TPSA) is 114 Å². The first kappa shape index (κ1) is 113. The van der Waals surface area contributed by atoms with Gasteiger partial charge >= 0.3 is 59.4 Å². The van der Waals surface area contributed by atoms with Gasteiger partial charge in [0.15, 0.2) is 0 Å². The largest absolute Gasteiger partial charge is 5.00 e. The van der Waals surface area contributed by atoms with Crippen LogP contribution in [-0.4, -0.2) is 0 Å². The van der Waals surface area contributed by atoms with E-state index in [9.17, 15) is 0 Å². The Kier molecular flexibility index (Phi) is 1350. The molecule has 6 heavy (non-hydrogen) atoms. The van der Waals surface area contributed by atoms with Crippen LogP contribution in [0.5, 0.6) is 0 Å². The minimum atomic E-state index is 0. The van der Waals surface area contributed by atoms with Gasteiger partial charge in [-0.3, -0.25) is 0 Å². The van der Waals surface area contributed by atoms with Crippen LogP contribution in [0, 0.1) is 40.8 Å². The third kappa shape index (κ3) is 41.8. The molecule has 0 aliphatic heterocycles. The first-order valence-electron chi connectivity index (χ1n) is 0. The molecule has 0 aromatic heterocycles. The summed E-state index contributed by atoms with van der Waals surface area (Å²) in [5.74, 6) is 0. The Morgan fingerprint density at radius 3 is 0.500 bits per heavy atom. The van der Waals surface area contributed by atoms with Crippen molar-refractivity contribution in [2.75, 3.05) is 0 Å². The van der Waals surface area contributed by atoms with Crippen molar-refractivity contribution in [2.45, 2.75) is 0 Å². The molecular weight excluding hydrogens is 259 g/mol. The van der Waals surface area contributed by atoms with Crippen molar-refractivity contribution in [1.82, 2.24) is 0 Å². The van der Waals surface area contributed by atoms with Crippen molar-refractivity contribution in [2.24, 2.45) is 0 Å². The quantitative estimate of drug-likeness (QED) is 0.559. The summed E-state index contributed by atoms with van der Waals surface area (Å²) < 4.78 is 0. The Hall–Kier alpha value is 1.78. The fourth-order valence-corrected chi connectivity index (χ4v) is 0. The summed E-state index contributed by atoms with van der Waals surface area (Å²) in [5.41, 5.74) is 0. The zero-order valence-corrected chi connectivity index (χ0v) is 7.19. The Bertz CT molecular complexity index is 7.51. The van der Waals surface area contributed by atoms with Gasteiger partial charge in [-0.2, -0.15) is 0 Å². The molecule has 0 spiro atoms. The van der Waals surface area contributed by atoms with E-state index >= 15 is 0 Å². The maximum atomic E-state index is 0. The third-order valence-electron chi connectivity index (χ3n) is 0. The molecule has 0 aromatic carbocycles. The summed E-state index contributed by atoms with van der Waals surface area (Å²) >= 11 is 0. The van der Waals surface area contributed by atoms with Gasteiger partial charge in [-0.1, -0.05) is 0 Å². The molecule has 4 nitrogen and oxygen atoms in total. The molecule has 0 amide bonds. The fourth-order valence-electron chi connectivity index (χ4n) is 0. The van der Waals surface area contributed by atoms with Crippen molar-refractivity contribution in [1.29, 1.82) is 0 Å². The van der Waals surface area contributed by atoms with Gasteiger partial charge < -0.3 is 21.9 Å². The smallest absolute Gasteiger partial charge is 2.00 e. The maximum Gasteiger partial charge on any atom is 5.00 e. The first-order valence-corrected chi connectivity index (χ1v) is 0. The average molecular weight is 259 g/mol. The van der Waals surface area contributed by atoms with E-state index in [2.05, 4.69) is 0 Å². The molecule has 0 aliphatic rings. The normalized spacial score (nSPS) is 0. The second kappa shape index (κ2) is 71.7. The van der Waals surface area contributed by atoms with E-state index in [0.717, 1.165) is 0 Å². The molecular formula is NdO4V. The Morgan fingerprint density at radius 2 is 0.500 bits per heavy atom. The van der Waals surface area contributed by atoms with Crippen LogP contribution < -0.4 is 0 Å². The van der Waals surface area contributed by atoms with Gasteiger partial charge in [-0.05, 0) is 0 Å². The van der Waals surface area contributed by atoms with E-state index in [0.29, 0.717) is 0 Å². The van der Waals surface area contributed by atoms with Crippen LogP contribution in [0.25, 0.3) is 0 Å². The monoisotopic (exact) mass is 257 g/mol. The zero-order valence-electron chi connectivity index (χ0n) is 2.58. The number of rotatable bonds is 0. The summed E-state index contributed by atoms with van der Waals surface area (Å²) in [4.78, 5) is 0. The summed E-state index contributed by atoms with van der Waals surface area (Å²) in [5, 5.41) is 0. The van der Waals surface area contributed by atoms with E-state index in [1.807, 2.05) is 0 Å². The van der Waals surface area contributed by atoms with E-state index in [1.165, 1.54) is 0 Å². The van der Waals surface area contributed by atoms with Crippen LogP contribution in [0.4, 0.5) is 0 Å². The first-order chi connectivity index (χ1) is 0. The molecule has 6 heteroatoms. The van der Waals surface area contributed by atoms with Gasteiger partial charge in [-0.25, -0.2) is 0 Å². The standard InChI is InChI=1S/Nd.4O.V/q+3;4*-2;+5. The summed E-state index contributed by atoms with van der Waals surface area (Å²) in [6.45, 7) is 0. The SMILES string of the molecule is [Nd+3].[O-2].[O-2].[O-2].[O-2].[V+5]. The van der Waals surface area contributed by atoms with Gasteiger partial charge in [0.2, 0.25) is 0 Å². The van der Waals surface area contributed by atoms with Crippen LogP contribution in [0.15, 0.2) is 0 Å². The maximum absolute atomic E-state index is 0. The van der Waals surface area contributed by atoms with Gasteiger partial charge in [0, 0.05) is 0 Å². The molecule has 0 aliphatic carbocycles. The molecule has 0 bridgehead atoms. The number of hydrogen-bond acceptors (Lipinski definition) is 0. The van der Waals surface area contributed by atoms with Crippen LogP contribution in [0.1, 0.15) is 0 Å². The minimum Gasteiger partial charge on any atom is -2.00 e. The average Bonchev–Trinajstić information content (AvgIpc) is 0. The molecule has 0 saturated carbocycles. The molecule has 0 rings (SSSR count). The summed E-state index contributed by atoms with van der Waals surface area (Å²) in [7, 11) is 0. The van der Waals surface area contributed by atoms with Gasteiger partial charge in [-0.15, -0.1) is 0 Å². The van der Waals surface area contributed by atoms with Crippen molar-refractivity contribution in [3.8, 4) is 0 Å². The second-order valence-corrected chi connectivity index (χ2v) is 0. The molecule has 0 fully saturated rings. The summed E-state index contributed by atoms with van der Waals surface area (Å²) in [6.07, 6.45) is 0. The van der Waals surface area contributed by atoms with Crippen molar-refractivity contribution < 1.29 is 81.3 Å². The molecule has 33 valence electrons. The Morgan fingerprint density at radius 1 is 0.500 bits per heavy atom. The predicted molar refractivity (Wildman–Crippen MR) is 2.75 cm³/mol. The predicted octanol–water partition coefficient (Wildman–Crippen LogP) is -0.478. The van der Waals surface area contributed by atoms with Crippen LogP contribution >= 0.6 is 0 Å². The molecule has 0 heterocycles. The van der Waals surface area contributed by atoms with E-state index in [4.69, 9.17) is 0 Å². The van der Waals surface area contributed by atoms with Gasteiger partial charge in [0.05, 0.1) is 0 Å². The number of hydrogen-bond donors (Lipinski definition) is 0.